The van der Waals surface area contributed by atoms with Gasteiger partial charge in [0.25, 0.3) is 5.91 Å². The molecular formula is C25H24N4O4S2. The van der Waals surface area contributed by atoms with E-state index in [-0.39, 0.29) is 10.8 Å². The fraction of sp³-hybridized carbons (Fsp3) is 0.240. The SMILES string of the molecule is O=C(N[C@@H](CCCCN(Cc1ccccc1)C(=O)O)C(=O)c1nc2ccccc2s1)c1nccs1. The van der Waals surface area contributed by atoms with E-state index in [0.717, 1.165) is 15.8 Å². The van der Waals surface area contributed by atoms with Crippen LogP contribution in [0.1, 0.15) is 44.4 Å². The molecule has 0 saturated heterocycles. The average molecular weight is 509 g/mol. The first-order chi connectivity index (χ1) is 17.0. The summed E-state index contributed by atoms with van der Waals surface area (Å²) in [4.78, 5) is 47.5. The van der Waals surface area contributed by atoms with Crippen molar-refractivity contribution >= 4 is 50.7 Å². The van der Waals surface area contributed by atoms with E-state index >= 15 is 0 Å². The zero-order chi connectivity index (χ0) is 24.6. The highest BCUT2D eigenvalue weighted by Gasteiger charge is 2.26. The zero-order valence-electron chi connectivity index (χ0n) is 18.8. The van der Waals surface area contributed by atoms with Gasteiger partial charge < -0.3 is 15.3 Å². The van der Waals surface area contributed by atoms with E-state index in [1.165, 1.54) is 33.8 Å². The number of carbonyl (C=O) groups is 3. The fourth-order valence-corrected chi connectivity index (χ4v) is 5.15. The molecule has 0 unspecified atom stereocenters. The lowest BCUT2D eigenvalue weighted by Crippen LogP contribution is -2.41. The molecule has 180 valence electrons. The standard InChI is InChI=1S/C25H24N4O4S2/c30-21(23-28-18-10-4-5-12-20(18)35-23)19(27-22(31)24-26-13-15-34-24)11-6-7-14-29(25(32)33)16-17-8-2-1-3-9-17/h1-5,8-10,12-13,15,19H,6-7,11,14,16H2,(H,27,31)(H,32,33)/t19-/m0/s1. The van der Waals surface area contributed by atoms with E-state index < -0.39 is 18.0 Å². The van der Waals surface area contributed by atoms with Gasteiger partial charge >= 0.3 is 6.09 Å². The highest BCUT2D eigenvalue weighted by atomic mass is 32.1. The number of nitrogens with one attached hydrogen (secondary N) is 1. The molecule has 1 atom stereocenters. The highest BCUT2D eigenvalue weighted by molar-refractivity contribution is 7.20. The van der Waals surface area contributed by atoms with Crippen LogP contribution in [0.4, 0.5) is 4.79 Å². The van der Waals surface area contributed by atoms with Crippen LogP contribution in [0.25, 0.3) is 10.2 Å². The van der Waals surface area contributed by atoms with E-state index in [1.54, 1.807) is 5.38 Å². The van der Waals surface area contributed by atoms with Gasteiger partial charge in [-0.15, -0.1) is 22.7 Å². The second-order valence-electron chi connectivity index (χ2n) is 7.90. The van der Waals surface area contributed by atoms with Crippen molar-refractivity contribution in [2.75, 3.05) is 6.54 Å². The Balaban J connectivity index is 1.41. The maximum Gasteiger partial charge on any atom is 0.407 e. The number of nitrogens with zero attached hydrogens (tertiary/aromatic N) is 3. The minimum atomic E-state index is -0.993. The van der Waals surface area contributed by atoms with E-state index in [1.807, 2.05) is 54.6 Å². The summed E-state index contributed by atoms with van der Waals surface area (Å²) in [6, 6.07) is 16.1. The number of Topliss-reactive ketones (excluding diaryl/α,β-unsaturated/α-hetero) is 1. The number of hydrogen-bond donors (Lipinski definition) is 2. The van der Waals surface area contributed by atoms with Crippen molar-refractivity contribution in [3.8, 4) is 0 Å². The third-order valence-corrected chi connectivity index (χ3v) is 7.23. The number of benzene rings is 2. The number of ketones is 1. The highest BCUT2D eigenvalue weighted by Crippen LogP contribution is 2.23. The van der Waals surface area contributed by atoms with Gasteiger partial charge in [-0.1, -0.05) is 42.5 Å². The third kappa shape index (κ3) is 6.49. The molecule has 0 bridgehead atoms. The number of unbranched alkanes of at least 4 members (excludes halogenated alkanes) is 1. The van der Waals surface area contributed by atoms with Gasteiger partial charge in [0.2, 0.25) is 5.78 Å². The number of rotatable bonds is 11. The first kappa shape index (κ1) is 24.5. The topological polar surface area (TPSA) is 112 Å². The Morgan fingerprint density at radius 1 is 1.00 bits per heavy atom. The van der Waals surface area contributed by atoms with Crippen molar-refractivity contribution in [2.45, 2.75) is 31.8 Å². The number of amides is 2. The molecule has 0 radical (unpaired) electrons. The summed E-state index contributed by atoms with van der Waals surface area (Å²) in [5.74, 6) is -0.661. The van der Waals surface area contributed by atoms with Crippen LogP contribution in [0, 0.1) is 0 Å². The first-order valence-corrected chi connectivity index (χ1v) is 12.8. The number of aromatic nitrogens is 2. The summed E-state index contributed by atoms with van der Waals surface area (Å²) in [6.07, 6.45) is 2.02. The van der Waals surface area contributed by atoms with Crippen LogP contribution < -0.4 is 5.32 Å². The van der Waals surface area contributed by atoms with Crippen LogP contribution in [0.15, 0.2) is 66.2 Å². The molecule has 0 aliphatic carbocycles. The van der Waals surface area contributed by atoms with Gasteiger partial charge in [-0.05, 0) is 37.0 Å². The minimum Gasteiger partial charge on any atom is -0.465 e. The molecule has 0 saturated carbocycles. The largest absolute Gasteiger partial charge is 0.465 e. The lowest BCUT2D eigenvalue weighted by Gasteiger charge is -2.20. The van der Waals surface area contributed by atoms with Crippen molar-refractivity contribution in [2.24, 2.45) is 0 Å². The maximum atomic E-state index is 13.3. The van der Waals surface area contributed by atoms with Crippen molar-refractivity contribution in [1.29, 1.82) is 0 Å². The number of carbonyl (C=O) groups excluding carboxylic acids is 2. The van der Waals surface area contributed by atoms with Crippen LogP contribution >= 0.6 is 22.7 Å². The van der Waals surface area contributed by atoms with Gasteiger partial charge in [-0.2, -0.15) is 0 Å². The smallest absolute Gasteiger partial charge is 0.407 e. The minimum absolute atomic E-state index is 0.254. The van der Waals surface area contributed by atoms with E-state index in [0.29, 0.717) is 37.4 Å². The molecule has 8 nitrogen and oxygen atoms in total. The predicted molar refractivity (Wildman–Crippen MR) is 136 cm³/mol. The normalized spacial score (nSPS) is 11.8. The number of para-hydroxylation sites is 1. The molecule has 35 heavy (non-hydrogen) atoms. The molecule has 0 spiro atoms. The molecule has 2 heterocycles. The predicted octanol–water partition coefficient (Wildman–Crippen LogP) is 5.08. The maximum absolute atomic E-state index is 13.3. The Morgan fingerprint density at radius 3 is 2.49 bits per heavy atom. The van der Waals surface area contributed by atoms with Gasteiger partial charge in [0.05, 0.1) is 16.3 Å². The zero-order valence-corrected chi connectivity index (χ0v) is 20.4. The summed E-state index contributed by atoms with van der Waals surface area (Å²) in [6.45, 7) is 0.623. The molecular weight excluding hydrogens is 484 g/mol. The molecule has 2 amide bonds. The summed E-state index contributed by atoms with van der Waals surface area (Å²) in [7, 11) is 0. The van der Waals surface area contributed by atoms with Gasteiger partial charge in [0, 0.05) is 24.7 Å². The van der Waals surface area contributed by atoms with E-state index in [2.05, 4.69) is 15.3 Å². The average Bonchev–Trinajstić information content (AvgIpc) is 3.55. The first-order valence-electron chi connectivity index (χ1n) is 11.1. The molecule has 4 aromatic rings. The summed E-state index contributed by atoms with van der Waals surface area (Å²) >= 11 is 2.50. The number of hydrogen-bond acceptors (Lipinski definition) is 7. The van der Waals surface area contributed by atoms with E-state index in [4.69, 9.17) is 0 Å². The monoisotopic (exact) mass is 508 g/mol. The van der Waals surface area contributed by atoms with Gasteiger partial charge in [0.1, 0.15) is 0 Å². The summed E-state index contributed by atoms with van der Waals surface area (Å²) in [5, 5.41) is 14.7. The van der Waals surface area contributed by atoms with Gasteiger partial charge in [-0.25, -0.2) is 14.8 Å². The summed E-state index contributed by atoms with van der Waals surface area (Å²) < 4.78 is 0.902. The molecule has 0 aliphatic heterocycles. The molecule has 0 aliphatic rings. The molecule has 2 N–H and O–H groups in total. The van der Waals surface area contributed by atoms with Crippen molar-refractivity contribution in [3.63, 3.8) is 0 Å². The third-order valence-electron chi connectivity index (χ3n) is 5.41. The van der Waals surface area contributed by atoms with Gasteiger partial charge in [-0.3, -0.25) is 9.59 Å². The Bertz CT molecular complexity index is 1260. The Labute approximate surface area is 210 Å². The second kappa shape index (κ2) is 11.7. The second-order valence-corrected chi connectivity index (χ2v) is 9.83. The Hall–Kier alpha value is -3.63. The lowest BCUT2D eigenvalue weighted by atomic mass is 10.0. The van der Waals surface area contributed by atoms with Crippen molar-refractivity contribution in [3.05, 3.63) is 81.8 Å². The number of carboxylic acid groups (broad SMARTS) is 1. The van der Waals surface area contributed by atoms with Gasteiger partial charge in [0.15, 0.2) is 10.0 Å². The van der Waals surface area contributed by atoms with Crippen molar-refractivity contribution in [1.82, 2.24) is 20.2 Å². The molecule has 0 fully saturated rings. The molecule has 10 heteroatoms. The van der Waals surface area contributed by atoms with Crippen LogP contribution in [0.3, 0.4) is 0 Å². The quantitative estimate of drug-likeness (QED) is 0.216. The van der Waals surface area contributed by atoms with Crippen LogP contribution in [-0.2, 0) is 6.54 Å². The van der Waals surface area contributed by atoms with Crippen LogP contribution in [-0.4, -0.2) is 50.3 Å². The fourth-order valence-electron chi connectivity index (χ4n) is 3.65. The molecule has 2 aromatic heterocycles. The van der Waals surface area contributed by atoms with Crippen LogP contribution in [0.2, 0.25) is 0 Å². The molecule has 2 aromatic carbocycles. The number of fused-ring (bicyclic) bond motifs is 1. The van der Waals surface area contributed by atoms with Crippen molar-refractivity contribution < 1.29 is 19.5 Å². The Morgan fingerprint density at radius 2 is 1.77 bits per heavy atom. The lowest BCUT2D eigenvalue weighted by molar-refractivity contribution is 0.0850. The molecule has 4 rings (SSSR count). The van der Waals surface area contributed by atoms with Crippen LogP contribution in [0.5, 0.6) is 0 Å². The summed E-state index contributed by atoms with van der Waals surface area (Å²) in [5.41, 5.74) is 1.65. The van der Waals surface area contributed by atoms with E-state index in [9.17, 15) is 19.5 Å². The Kier molecular flexibility index (Phi) is 8.17. The number of thiazole rings is 2.